The quantitative estimate of drug-likeness (QED) is 0.840. The molecule has 0 radical (unpaired) electrons. The first-order valence-corrected chi connectivity index (χ1v) is 6.39. The predicted molar refractivity (Wildman–Crippen MR) is 74.8 cm³/mol. The van der Waals surface area contributed by atoms with Crippen molar-refractivity contribution in [3.63, 3.8) is 0 Å². The Hall–Kier alpha value is -2.55. The van der Waals surface area contributed by atoms with Crippen molar-refractivity contribution >= 4 is 5.69 Å². The number of nitrogens with zero attached hydrogens (tertiary/aromatic N) is 4. The molecule has 1 aromatic heterocycles. The highest BCUT2D eigenvalue weighted by Gasteiger charge is 2.09. The SMILES string of the molecule is CC(C)Cn1ncnc1COc1ccc(N)cc1C#N. The van der Waals surface area contributed by atoms with Gasteiger partial charge in [0.2, 0.25) is 0 Å². The summed E-state index contributed by atoms with van der Waals surface area (Å²) in [5, 5.41) is 13.2. The van der Waals surface area contributed by atoms with Crippen LogP contribution in [0.3, 0.4) is 0 Å². The molecule has 0 fully saturated rings. The summed E-state index contributed by atoms with van der Waals surface area (Å²) in [4.78, 5) is 4.18. The summed E-state index contributed by atoms with van der Waals surface area (Å²) in [6.45, 7) is 5.27. The van der Waals surface area contributed by atoms with E-state index in [0.717, 1.165) is 12.4 Å². The first kappa shape index (κ1) is 13.9. The van der Waals surface area contributed by atoms with Gasteiger partial charge in [0.25, 0.3) is 0 Å². The third-order valence-corrected chi connectivity index (χ3v) is 2.71. The van der Waals surface area contributed by atoms with Crippen molar-refractivity contribution in [3.8, 4) is 11.8 Å². The third kappa shape index (κ3) is 3.26. The number of nitrogen functional groups attached to an aromatic ring is 1. The fraction of sp³-hybridized carbons (Fsp3) is 0.357. The number of rotatable bonds is 5. The number of anilines is 1. The first-order chi connectivity index (χ1) is 9.60. The van der Waals surface area contributed by atoms with Crippen LogP contribution in [0.25, 0.3) is 0 Å². The van der Waals surface area contributed by atoms with Gasteiger partial charge in [-0.15, -0.1) is 0 Å². The molecule has 2 rings (SSSR count). The number of hydrogen-bond acceptors (Lipinski definition) is 5. The van der Waals surface area contributed by atoms with Gasteiger partial charge in [0.1, 0.15) is 24.8 Å². The summed E-state index contributed by atoms with van der Waals surface area (Å²) in [6.07, 6.45) is 1.51. The van der Waals surface area contributed by atoms with Crippen molar-refractivity contribution in [2.45, 2.75) is 27.0 Å². The molecular formula is C14H17N5O. The number of ether oxygens (including phenoxy) is 1. The molecule has 0 aliphatic rings. The molecule has 2 N–H and O–H groups in total. The second kappa shape index (κ2) is 6.06. The predicted octanol–water partition coefficient (Wildman–Crippen LogP) is 1.97. The van der Waals surface area contributed by atoms with E-state index in [1.165, 1.54) is 6.33 Å². The largest absolute Gasteiger partial charge is 0.484 e. The van der Waals surface area contributed by atoms with Gasteiger partial charge >= 0.3 is 0 Å². The Labute approximate surface area is 117 Å². The Morgan fingerprint density at radius 1 is 1.45 bits per heavy atom. The van der Waals surface area contributed by atoms with Gasteiger partial charge in [-0.1, -0.05) is 13.8 Å². The van der Waals surface area contributed by atoms with Gasteiger partial charge in [-0.2, -0.15) is 10.4 Å². The Balaban J connectivity index is 2.10. The van der Waals surface area contributed by atoms with E-state index in [2.05, 4.69) is 30.0 Å². The minimum absolute atomic E-state index is 0.269. The lowest BCUT2D eigenvalue weighted by Gasteiger charge is -2.10. The molecule has 6 nitrogen and oxygen atoms in total. The van der Waals surface area contributed by atoms with Crippen LogP contribution in [0.15, 0.2) is 24.5 Å². The third-order valence-electron chi connectivity index (χ3n) is 2.71. The Bertz CT molecular complexity index is 627. The van der Waals surface area contributed by atoms with Gasteiger partial charge in [0.05, 0.1) is 5.56 Å². The molecule has 0 saturated heterocycles. The lowest BCUT2D eigenvalue weighted by Crippen LogP contribution is -2.12. The van der Waals surface area contributed by atoms with Gasteiger partial charge in [-0.25, -0.2) is 9.67 Å². The van der Waals surface area contributed by atoms with Gasteiger partial charge in [-0.05, 0) is 24.1 Å². The fourth-order valence-electron chi connectivity index (χ4n) is 1.80. The average molecular weight is 271 g/mol. The maximum absolute atomic E-state index is 9.05. The standard InChI is InChI=1S/C14H17N5O/c1-10(2)7-19-14(17-9-18-19)8-20-13-4-3-12(16)5-11(13)6-15/h3-5,9-10H,7-8,16H2,1-2H3. The van der Waals surface area contributed by atoms with E-state index in [1.54, 1.807) is 18.2 Å². The zero-order valence-corrected chi connectivity index (χ0v) is 11.6. The molecule has 0 aliphatic carbocycles. The maximum atomic E-state index is 9.05. The van der Waals surface area contributed by atoms with Crippen LogP contribution in [0.2, 0.25) is 0 Å². The van der Waals surface area contributed by atoms with Crippen LogP contribution in [-0.4, -0.2) is 14.8 Å². The Kier molecular flexibility index (Phi) is 4.20. The molecular weight excluding hydrogens is 254 g/mol. The van der Waals surface area contributed by atoms with E-state index in [-0.39, 0.29) is 6.61 Å². The van der Waals surface area contributed by atoms with E-state index in [4.69, 9.17) is 15.7 Å². The summed E-state index contributed by atoms with van der Waals surface area (Å²) in [5.41, 5.74) is 6.59. The summed E-state index contributed by atoms with van der Waals surface area (Å²) in [6, 6.07) is 7.05. The van der Waals surface area contributed by atoms with Crippen LogP contribution >= 0.6 is 0 Å². The average Bonchev–Trinajstić information content (AvgIpc) is 2.83. The van der Waals surface area contributed by atoms with Gasteiger partial charge in [0, 0.05) is 12.2 Å². The van der Waals surface area contributed by atoms with E-state index >= 15 is 0 Å². The van der Waals surface area contributed by atoms with Crippen LogP contribution in [0.1, 0.15) is 25.2 Å². The van der Waals surface area contributed by atoms with E-state index in [9.17, 15) is 0 Å². The highest BCUT2D eigenvalue weighted by atomic mass is 16.5. The summed E-state index contributed by atoms with van der Waals surface area (Å²) in [7, 11) is 0. The lowest BCUT2D eigenvalue weighted by molar-refractivity contribution is 0.282. The number of nitriles is 1. The molecule has 20 heavy (non-hydrogen) atoms. The van der Waals surface area contributed by atoms with Crippen molar-refractivity contribution < 1.29 is 4.74 Å². The fourth-order valence-corrected chi connectivity index (χ4v) is 1.80. The topological polar surface area (TPSA) is 89.8 Å². The highest BCUT2D eigenvalue weighted by Crippen LogP contribution is 2.21. The minimum Gasteiger partial charge on any atom is -0.484 e. The summed E-state index contributed by atoms with van der Waals surface area (Å²) in [5.74, 6) is 1.71. The van der Waals surface area contributed by atoms with Crippen LogP contribution in [-0.2, 0) is 13.2 Å². The molecule has 0 spiro atoms. The molecule has 0 atom stereocenters. The highest BCUT2D eigenvalue weighted by molar-refractivity contribution is 5.53. The minimum atomic E-state index is 0.269. The lowest BCUT2D eigenvalue weighted by atomic mass is 10.2. The summed E-state index contributed by atoms with van der Waals surface area (Å²) >= 11 is 0. The maximum Gasteiger partial charge on any atom is 0.164 e. The van der Waals surface area contributed by atoms with Crippen LogP contribution < -0.4 is 10.5 Å². The molecule has 1 heterocycles. The van der Waals surface area contributed by atoms with E-state index in [1.807, 2.05) is 4.68 Å². The number of aromatic nitrogens is 3. The second-order valence-corrected chi connectivity index (χ2v) is 4.91. The van der Waals surface area contributed by atoms with Gasteiger partial charge in [-0.3, -0.25) is 0 Å². The number of nitrogens with two attached hydrogens (primary N) is 1. The van der Waals surface area contributed by atoms with Crippen molar-refractivity contribution in [3.05, 3.63) is 35.9 Å². The van der Waals surface area contributed by atoms with E-state index < -0.39 is 0 Å². The van der Waals surface area contributed by atoms with E-state index in [0.29, 0.717) is 22.9 Å². The van der Waals surface area contributed by atoms with Gasteiger partial charge < -0.3 is 10.5 Å². The molecule has 0 aliphatic heterocycles. The molecule has 0 unspecified atom stereocenters. The zero-order valence-electron chi connectivity index (χ0n) is 11.6. The normalized spacial score (nSPS) is 10.5. The molecule has 2 aromatic rings. The summed E-state index contributed by atoms with van der Waals surface area (Å²) < 4.78 is 7.46. The molecule has 6 heteroatoms. The van der Waals surface area contributed by atoms with Gasteiger partial charge in [0.15, 0.2) is 5.82 Å². The van der Waals surface area contributed by atoms with Crippen molar-refractivity contribution in [1.29, 1.82) is 5.26 Å². The van der Waals surface area contributed by atoms with Crippen LogP contribution in [0.5, 0.6) is 5.75 Å². The Morgan fingerprint density at radius 2 is 2.25 bits per heavy atom. The van der Waals surface area contributed by atoms with Crippen molar-refractivity contribution in [2.75, 3.05) is 5.73 Å². The van der Waals surface area contributed by atoms with Crippen LogP contribution in [0, 0.1) is 17.2 Å². The number of hydrogen-bond donors (Lipinski definition) is 1. The molecule has 0 saturated carbocycles. The van der Waals surface area contributed by atoms with Crippen molar-refractivity contribution in [1.82, 2.24) is 14.8 Å². The second-order valence-electron chi connectivity index (χ2n) is 4.91. The van der Waals surface area contributed by atoms with Crippen LogP contribution in [0.4, 0.5) is 5.69 Å². The molecule has 1 aromatic carbocycles. The smallest absolute Gasteiger partial charge is 0.164 e. The number of benzene rings is 1. The molecule has 0 bridgehead atoms. The Morgan fingerprint density at radius 3 is 2.95 bits per heavy atom. The van der Waals surface area contributed by atoms with Crippen molar-refractivity contribution in [2.24, 2.45) is 5.92 Å². The first-order valence-electron chi connectivity index (χ1n) is 6.39. The molecule has 104 valence electrons. The monoisotopic (exact) mass is 271 g/mol. The zero-order chi connectivity index (χ0) is 14.5. The molecule has 0 amide bonds.